The Bertz CT molecular complexity index is 791. The number of para-hydroxylation sites is 1. The molecule has 6 heteroatoms. The number of carbonyl (C=O) groups is 1. The van der Waals surface area contributed by atoms with Crippen LogP contribution in [0.2, 0.25) is 0 Å². The highest BCUT2D eigenvalue weighted by molar-refractivity contribution is 9.10. The predicted molar refractivity (Wildman–Crippen MR) is 120 cm³/mol. The van der Waals surface area contributed by atoms with Crippen molar-refractivity contribution in [2.45, 2.75) is 25.9 Å². The first-order valence-corrected chi connectivity index (χ1v) is 11.0. The second-order valence-corrected chi connectivity index (χ2v) is 8.41. The molecule has 3 rings (SSSR count). The van der Waals surface area contributed by atoms with Crippen molar-refractivity contribution >= 4 is 21.8 Å². The lowest BCUT2D eigenvalue weighted by Crippen LogP contribution is -2.43. The van der Waals surface area contributed by atoms with Gasteiger partial charge in [0.2, 0.25) is 5.91 Å². The Morgan fingerprint density at radius 3 is 2.62 bits per heavy atom. The normalized spacial score (nSPS) is 15.2. The molecule has 1 N–H and O–H groups in total. The lowest BCUT2D eigenvalue weighted by Gasteiger charge is -2.32. The number of halogens is 1. The average molecular weight is 460 g/mol. The van der Waals surface area contributed by atoms with E-state index in [4.69, 9.17) is 4.74 Å². The SMILES string of the molecule is CN1CCN(Cc2cccc(CNC(=O)CCCOc3ccccc3Br)c2)CC1. The highest BCUT2D eigenvalue weighted by atomic mass is 79.9. The van der Waals surface area contributed by atoms with Gasteiger partial charge in [-0.05, 0) is 52.7 Å². The van der Waals surface area contributed by atoms with Gasteiger partial charge in [-0.2, -0.15) is 0 Å². The summed E-state index contributed by atoms with van der Waals surface area (Å²) in [5.41, 5.74) is 2.46. The first-order valence-electron chi connectivity index (χ1n) is 10.2. The maximum absolute atomic E-state index is 12.1. The van der Waals surface area contributed by atoms with Crippen molar-refractivity contribution in [1.82, 2.24) is 15.1 Å². The lowest BCUT2D eigenvalue weighted by atomic mass is 10.1. The molecule has 0 aromatic heterocycles. The fourth-order valence-corrected chi connectivity index (χ4v) is 3.77. The Balaban J connectivity index is 1.36. The molecule has 1 fully saturated rings. The maximum atomic E-state index is 12.1. The Kier molecular flexibility index (Phi) is 8.52. The number of amides is 1. The van der Waals surface area contributed by atoms with Crippen LogP contribution in [0.5, 0.6) is 5.75 Å². The number of ether oxygens (including phenoxy) is 1. The molecule has 1 heterocycles. The van der Waals surface area contributed by atoms with Gasteiger partial charge in [0.15, 0.2) is 0 Å². The van der Waals surface area contributed by atoms with Crippen LogP contribution >= 0.6 is 15.9 Å². The molecule has 1 aliphatic rings. The summed E-state index contributed by atoms with van der Waals surface area (Å²) < 4.78 is 6.64. The van der Waals surface area contributed by atoms with Crippen molar-refractivity contribution in [2.75, 3.05) is 39.8 Å². The van der Waals surface area contributed by atoms with Gasteiger partial charge in [-0.3, -0.25) is 9.69 Å². The van der Waals surface area contributed by atoms with E-state index in [1.165, 1.54) is 5.56 Å². The van der Waals surface area contributed by atoms with Crippen molar-refractivity contribution in [1.29, 1.82) is 0 Å². The molecule has 0 saturated carbocycles. The largest absolute Gasteiger partial charge is 0.492 e. The Morgan fingerprint density at radius 2 is 1.83 bits per heavy atom. The molecule has 2 aromatic carbocycles. The third kappa shape index (κ3) is 7.46. The molecular weight excluding hydrogens is 430 g/mol. The van der Waals surface area contributed by atoms with E-state index in [0.717, 1.165) is 48.5 Å². The first-order chi connectivity index (χ1) is 14.1. The standard InChI is InChI=1S/C23H30BrN3O2/c1-26-11-13-27(14-12-26)18-20-7-4-6-19(16-20)17-25-23(28)10-5-15-29-22-9-3-2-8-21(22)24/h2-4,6-9,16H,5,10-15,17-18H2,1H3,(H,25,28). The van der Waals surface area contributed by atoms with Gasteiger partial charge in [-0.1, -0.05) is 36.4 Å². The highest BCUT2D eigenvalue weighted by Crippen LogP contribution is 2.23. The summed E-state index contributed by atoms with van der Waals surface area (Å²) in [6.45, 7) is 6.54. The number of benzene rings is 2. The molecule has 0 radical (unpaired) electrons. The number of piperazine rings is 1. The van der Waals surface area contributed by atoms with Crippen LogP contribution in [0.15, 0.2) is 53.0 Å². The van der Waals surface area contributed by atoms with Crippen LogP contribution in [0.3, 0.4) is 0 Å². The molecule has 0 aliphatic carbocycles. The molecule has 0 spiro atoms. The molecule has 0 unspecified atom stereocenters. The molecule has 5 nitrogen and oxygen atoms in total. The number of hydrogen-bond donors (Lipinski definition) is 1. The fourth-order valence-electron chi connectivity index (χ4n) is 3.37. The zero-order chi connectivity index (χ0) is 20.5. The smallest absolute Gasteiger partial charge is 0.220 e. The average Bonchev–Trinajstić information content (AvgIpc) is 2.73. The van der Waals surface area contributed by atoms with Crippen molar-refractivity contribution in [3.8, 4) is 5.75 Å². The van der Waals surface area contributed by atoms with Gasteiger partial charge in [-0.15, -0.1) is 0 Å². The number of rotatable bonds is 9. The maximum Gasteiger partial charge on any atom is 0.220 e. The van der Waals surface area contributed by atoms with Crippen LogP contribution in [-0.4, -0.2) is 55.5 Å². The number of hydrogen-bond acceptors (Lipinski definition) is 4. The molecular formula is C23H30BrN3O2. The van der Waals surface area contributed by atoms with Crippen molar-refractivity contribution < 1.29 is 9.53 Å². The number of nitrogens with one attached hydrogen (secondary N) is 1. The summed E-state index contributed by atoms with van der Waals surface area (Å²) in [5, 5.41) is 3.02. The van der Waals surface area contributed by atoms with E-state index in [-0.39, 0.29) is 5.91 Å². The second kappa shape index (κ2) is 11.3. The lowest BCUT2D eigenvalue weighted by molar-refractivity contribution is -0.121. The van der Waals surface area contributed by atoms with Crippen LogP contribution in [0.25, 0.3) is 0 Å². The number of nitrogens with zero attached hydrogens (tertiary/aromatic N) is 2. The minimum Gasteiger partial charge on any atom is -0.492 e. The molecule has 156 valence electrons. The van der Waals surface area contributed by atoms with Gasteiger partial charge in [0, 0.05) is 45.7 Å². The fraction of sp³-hybridized carbons (Fsp3) is 0.435. The third-order valence-corrected chi connectivity index (χ3v) is 5.78. The van der Waals surface area contributed by atoms with E-state index in [1.54, 1.807) is 0 Å². The quantitative estimate of drug-likeness (QED) is 0.581. The van der Waals surface area contributed by atoms with Gasteiger partial charge in [0.1, 0.15) is 5.75 Å². The summed E-state index contributed by atoms with van der Waals surface area (Å²) in [5.74, 6) is 0.871. The van der Waals surface area contributed by atoms with Crippen LogP contribution < -0.4 is 10.1 Å². The van der Waals surface area contributed by atoms with Crippen molar-refractivity contribution in [3.63, 3.8) is 0 Å². The number of likely N-dealkylation sites (N-methyl/N-ethyl adjacent to an activating group) is 1. The Labute approximate surface area is 182 Å². The highest BCUT2D eigenvalue weighted by Gasteiger charge is 2.14. The summed E-state index contributed by atoms with van der Waals surface area (Å²) in [7, 11) is 2.17. The summed E-state index contributed by atoms with van der Waals surface area (Å²) >= 11 is 3.46. The van der Waals surface area contributed by atoms with Gasteiger partial charge < -0.3 is 15.0 Å². The van der Waals surface area contributed by atoms with Crippen LogP contribution in [-0.2, 0) is 17.9 Å². The molecule has 2 aromatic rings. The minimum atomic E-state index is 0.0604. The molecule has 29 heavy (non-hydrogen) atoms. The van der Waals surface area contributed by atoms with E-state index in [1.807, 2.05) is 24.3 Å². The monoisotopic (exact) mass is 459 g/mol. The molecule has 0 atom stereocenters. The van der Waals surface area contributed by atoms with Crippen molar-refractivity contribution in [3.05, 3.63) is 64.1 Å². The first kappa shape index (κ1) is 21.8. The zero-order valence-corrected chi connectivity index (χ0v) is 18.7. The summed E-state index contributed by atoms with van der Waals surface area (Å²) in [6, 6.07) is 16.3. The van der Waals surface area contributed by atoms with Crippen LogP contribution in [0.4, 0.5) is 0 Å². The number of carbonyl (C=O) groups excluding carboxylic acids is 1. The minimum absolute atomic E-state index is 0.0604. The second-order valence-electron chi connectivity index (χ2n) is 7.56. The van der Waals surface area contributed by atoms with E-state index >= 15 is 0 Å². The zero-order valence-electron chi connectivity index (χ0n) is 17.1. The molecule has 1 aliphatic heterocycles. The van der Waals surface area contributed by atoms with E-state index < -0.39 is 0 Å². The van der Waals surface area contributed by atoms with Gasteiger partial charge in [-0.25, -0.2) is 0 Å². The van der Waals surface area contributed by atoms with E-state index in [0.29, 0.717) is 26.0 Å². The third-order valence-electron chi connectivity index (χ3n) is 5.13. The molecule has 1 amide bonds. The molecule has 1 saturated heterocycles. The summed E-state index contributed by atoms with van der Waals surface area (Å²) in [4.78, 5) is 17.0. The van der Waals surface area contributed by atoms with Crippen LogP contribution in [0.1, 0.15) is 24.0 Å². The van der Waals surface area contributed by atoms with Gasteiger partial charge >= 0.3 is 0 Å². The van der Waals surface area contributed by atoms with E-state index in [2.05, 4.69) is 62.4 Å². The van der Waals surface area contributed by atoms with Gasteiger partial charge in [0.05, 0.1) is 11.1 Å². The predicted octanol–water partition coefficient (Wildman–Crippen LogP) is 3.67. The van der Waals surface area contributed by atoms with Crippen molar-refractivity contribution in [2.24, 2.45) is 0 Å². The van der Waals surface area contributed by atoms with E-state index in [9.17, 15) is 4.79 Å². The summed E-state index contributed by atoms with van der Waals surface area (Å²) in [6.07, 6.45) is 1.15. The topological polar surface area (TPSA) is 44.8 Å². The molecule has 0 bridgehead atoms. The Hall–Kier alpha value is -1.89. The van der Waals surface area contributed by atoms with Gasteiger partial charge in [0.25, 0.3) is 0 Å². The van der Waals surface area contributed by atoms with Crippen LogP contribution in [0, 0.1) is 0 Å². The Morgan fingerprint density at radius 1 is 1.07 bits per heavy atom.